The van der Waals surface area contributed by atoms with E-state index in [9.17, 15) is 14.4 Å². The van der Waals surface area contributed by atoms with E-state index in [0.717, 1.165) is 18.4 Å². The molecule has 3 aliphatic heterocycles. The van der Waals surface area contributed by atoms with E-state index < -0.39 is 34.5 Å². The normalized spacial score (nSPS) is 13.8. The van der Waals surface area contributed by atoms with Crippen LogP contribution in [0, 0.1) is 22.5 Å². The average Bonchev–Trinajstić information content (AvgIpc) is 3.39. The van der Waals surface area contributed by atoms with Gasteiger partial charge in [0.1, 0.15) is 41.7 Å². The molecule has 4 aliphatic rings. The Bertz CT molecular complexity index is 3210. The van der Waals surface area contributed by atoms with Gasteiger partial charge >= 0.3 is 5.97 Å². The third-order valence-electron chi connectivity index (χ3n) is 14.2. The molecule has 19 heteroatoms. The first-order chi connectivity index (χ1) is 36.6. The first kappa shape index (κ1) is 55.7. The molecule has 0 saturated carbocycles. The van der Waals surface area contributed by atoms with Crippen LogP contribution in [0.5, 0.6) is 17.2 Å². The molecule has 2 amide bonds. The first-order valence-corrected chi connectivity index (χ1v) is 26.0. The minimum atomic E-state index is -0.825. The van der Waals surface area contributed by atoms with Crippen LogP contribution in [-0.2, 0) is 20.7 Å². The predicted octanol–water partition coefficient (Wildman–Crippen LogP) is 8.16. The Balaban J connectivity index is 0.858. The lowest BCUT2D eigenvalue weighted by Crippen LogP contribution is -2.44. The molecular formula is C58H71F2N8O9+. The SMILES string of the molecule is COC(=O)c1ccc(C(=O)NCCC(C)(C)COCCCNC(=O)C(C)(C)CC(C)(C)Oc2c(OC)cc(Cc3cnc(N)nc3N)cc2OC)cc1-c1c2cc(F)c(=[N+]3CCC3)cc-2oc2cc(N3CCC3)c(F)cc12. The number of esters is 1. The van der Waals surface area contributed by atoms with Gasteiger partial charge in [0, 0.05) is 90.9 Å². The van der Waals surface area contributed by atoms with Crippen molar-refractivity contribution < 1.29 is 51.3 Å². The van der Waals surface area contributed by atoms with Crippen LogP contribution in [-0.4, -0.2) is 107 Å². The number of ether oxygens (including phenoxy) is 5. The fourth-order valence-corrected chi connectivity index (χ4v) is 10.0. The monoisotopic (exact) mass is 1060 g/mol. The first-order valence-electron chi connectivity index (χ1n) is 26.0. The second-order valence-corrected chi connectivity index (χ2v) is 21.9. The summed E-state index contributed by atoms with van der Waals surface area (Å²) >= 11 is 0. The molecule has 2 fully saturated rings. The van der Waals surface area contributed by atoms with Crippen molar-refractivity contribution in [1.29, 1.82) is 0 Å². The number of benzene rings is 4. The Morgan fingerprint density at radius 3 is 2.22 bits per heavy atom. The molecule has 2 saturated heterocycles. The number of amides is 2. The highest BCUT2D eigenvalue weighted by molar-refractivity contribution is 6.10. The zero-order chi connectivity index (χ0) is 55.4. The maximum Gasteiger partial charge on any atom is 0.338 e. The Kier molecular flexibility index (Phi) is 16.6. The van der Waals surface area contributed by atoms with E-state index >= 15 is 8.78 Å². The molecule has 410 valence electrons. The van der Waals surface area contributed by atoms with Gasteiger partial charge in [0.05, 0.1) is 51.7 Å². The van der Waals surface area contributed by atoms with E-state index in [2.05, 4.69) is 20.6 Å². The van der Waals surface area contributed by atoms with Gasteiger partial charge in [-0.05, 0) is 92.1 Å². The maximum absolute atomic E-state index is 16.0. The van der Waals surface area contributed by atoms with Crippen LogP contribution in [0.25, 0.3) is 33.4 Å². The quantitative estimate of drug-likeness (QED) is 0.0218. The number of nitrogens with two attached hydrogens (primary N) is 2. The van der Waals surface area contributed by atoms with Gasteiger partial charge in [-0.2, -0.15) is 9.37 Å². The van der Waals surface area contributed by atoms with Crippen LogP contribution in [0.2, 0.25) is 0 Å². The fourth-order valence-electron chi connectivity index (χ4n) is 10.0. The molecule has 0 radical (unpaired) electrons. The summed E-state index contributed by atoms with van der Waals surface area (Å²) in [6, 6.07) is 14.3. The van der Waals surface area contributed by atoms with Gasteiger partial charge < -0.3 is 55.1 Å². The van der Waals surface area contributed by atoms with Crippen molar-refractivity contribution in [1.82, 2.24) is 25.2 Å². The Morgan fingerprint density at radius 1 is 0.857 bits per heavy atom. The highest BCUT2D eigenvalue weighted by atomic mass is 19.1. The highest BCUT2D eigenvalue weighted by Crippen LogP contribution is 2.45. The van der Waals surface area contributed by atoms with Gasteiger partial charge in [0.25, 0.3) is 5.91 Å². The third-order valence-corrected chi connectivity index (χ3v) is 14.2. The van der Waals surface area contributed by atoms with Crippen LogP contribution in [0.1, 0.15) is 105 Å². The van der Waals surface area contributed by atoms with Crippen molar-refractivity contribution in [3.63, 3.8) is 0 Å². The minimum absolute atomic E-state index is 0.0925. The van der Waals surface area contributed by atoms with Gasteiger partial charge in [0.2, 0.25) is 23.0 Å². The molecule has 1 aromatic heterocycles. The summed E-state index contributed by atoms with van der Waals surface area (Å²) in [4.78, 5) is 50.9. The van der Waals surface area contributed by atoms with Crippen LogP contribution in [0.4, 0.5) is 26.2 Å². The lowest BCUT2D eigenvalue weighted by molar-refractivity contribution is -0.132. The summed E-state index contributed by atoms with van der Waals surface area (Å²) in [5.41, 5.74) is 13.3. The smallest absolute Gasteiger partial charge is 0.338 e. The van der Waals surface area contributed by atoms with E-state index in [0.29, 0.717) is 140 Å². The van der Waals surface area contributed by atoms with Crippen LogP contribution in [0.15, 0.2) is 65.2 Å². The van der Waals surface area contributed by atoms with Gasteiger partial charge in [-0.3, -0.25) is 9.59 Å². The third kappa shape index (κ3) is 12.7. The predicted molar refractivity (Wildman–Crippen MR) is 291 cm³/mol. The Labute approximate surface area is 447 Å². The van der Waals surface area contributed by atoms with E-state index in [4.69, 9.17) is 39.6 Å². The topological polar surface area (TPSA) is 219 Å². The summed E-state index contributed by atoms with van der Waals surface area (Å²) in [7, 11) is 4.35. The average molecular weight is 1060 g/mol. The molecule has 77 heavy (non-hydrogen) atoms. The number of halogens is 2. The highest BCUT2D eigenvalue weighted by Gasteiger charge is 2.37. The lowest BCUT2D eigenvalue weighted by atomic mass is 9.80. The van der Waals surface area contributed by atoms with E-state index in [-0.39, 0.29) is 39.8 Å². The molecule has 17 nitrogen and oxygen atoms in total. The number of nitrogen functional groups attached to an aromatic ring is 2. The van der Waals surface area contributed by atoms with Crippen LogP contribution < -0.4 is 51.1 Å². The zero-order valence-corrected chi connectivity index (χ0v) is 45.5. The molecule has 4 heterocycles. The minimum Gasteiger partial charge on any atom is -0.493 e. The number of fused-ring (bicyclic) bond motifs is 2. The largest absolute Gasteiger partial charge is 0.493 e. The number of carbonyl (C=O) groups is 3. The molecule has 1 aliphatic carbocycles. The van der Waals surface area contributed by atoms with Crippen molar-refractivity contribution in [2.24, 2.45) is 10.8 Å². The summed E-state index contributed by atoms with van der Waals surface area (Å²) in [5, 5.41) is 6.77. The van der Waals surface area contributed by atoms with Gasteiger partial charge in [-0.15, -0.1) is 0 Å². The number of methoxy groups -OCH3 is 3. The van der Waals surface area contributed by atoms with Crippen molar-refractivity contribution >= 4 is 46.2 Å². The fraction of sp³-hybridized carbons (Fsp3) is 0.448. The molecule has 8 rings (SSSR count). The van der Waals surface area contributed by atoms with Crippen molar-refractivity contribution in [3.8, 4) is 39.7 Å². The van der Waals surface area contributed by atoms with Crippen molar-refractivity contribution in [3.05, 3.63) is 100 Å². The van der Waals surface area contributed by atoms with E-state index in [1.54, 1.807) is 38.6 Å². The van der Waals surface area contributed by atoms with Gasteiger partial charge in [-0.1, -0.05) is 27.7 Å². The van der Waals surface area contributed by atoms with Crippen molar-refractivity contribution in [2.45, 2.75) is 85.7 Å². The number of nitrogens with zero attached hydrogens (tertiary/aromatic N) is 4. The van der Waals surface area contributed by atoms with Crippen molar-refractivity contribution in [2.75, 3.05) is 90.2 Å². The number of hydrogen-bond donors (Lipinski definition) is 4. The summed E-state index contributed by atoms with van der Waals surface area (Å²) in [6.45, 7) is 16.0. The Hall–Kier alpha value is -7.54. The van der Waals surface area contributed by atoms with Crippen LogP contribution >= 0.6 is 0 Å². The molecule has 0 spiro atoms. The molecule has 0 bridgehead atoms. The second-order valence-electron chi connectivity index (χ2n) is 21.9. The summed E-state index contributed by atoms with van der Waals surface area (Å²) in [5.74, 6) is -0.161. The van der Waals surface area contributed by atoms with E-state index in [1.165, 1.54) is 31.4 Å². The number of hydrogen-bond acceptors (Lipinski definition) is 14. The lowest BCUT2D eigenvalue weighted by Gasteiger charge is -2.35. The molecule has 0 unspecified atom stereocenters. The molecular weight excluding hydrogens is 991 g/mol. The molecule has 0 atom stereocenters. The molecule has 4 aromatic rings. The van der Waals surface area contributed by atoms with Crippen LogP contribution in [0.3, 0.4) is 0 Å². The number of rotatable bonds is 22. The van der Waals surface area contributed by atoms with Gasteiger partial charge in [0.15, 0.2) is 17.3 Å². The maximum atomic E-state index is 16.0. The zero-order valence-electron chi connectivity index (χ0n) is 45.5. The number of anilines is 3. The number of aromatic nitrogens is 2. The summed E-state index contributed by atoms with van der Waals surface area (Å²) in [6.07, 6.45) is 5.37. The standard InChI is InChI=1S/C58H70F2N8O9/c1-56(2,33-75-22-10-16-64-54(71)57(3,4)32-58(5,6)77-50-47(72-7)24-34(25-48(50)73-8)23-36-31-65-55(62)66-51(36)61)15-17-63-52(69)35-13-14-37(53(70)74-9)38(26-35)49-39-27-41(59)43(67-18-11-19-67)29-45(39)76-46-30-44(68-20-12-21-68)42(60)28-40(46)49/h13-14,24-31H,10-12,15-23,32-33H2,1-9H3,(H5-,61,62,63,64,65,66,69,71)/p+1. The molecule has 6 N–H and O–H groups in total. The Morgan fingerprint density at radius 2 is 1.58 bits per heavy atom. The molecule has 3 aromatic carbocycles. The number of carbonyl (C=O) groups excluding carboxylic acids is 3. The second kappa shape index (κ2) is 23.0. The van der Waals surface area contributed by atoms with Gasteiger partial charge in [-0.25, -0.2) is 18.7 Å². The summed E-state index contributed by atoms with van der Waals surface area (Å²) < 4.78 is 69.6. The van der Waals surface area contributed by atoms with E-state index in [1.807, 2.05) is 63.2 Å². The number of nitrogens with one attached hydrogen (secondary N) is 2.